The van der Waals surface area contributed by atoms with Crippen LogP contribution in [-0.2, 0) is 17.6 Å². The molecule has 1 fully saturated rings. The second kappa shape index (κ2) is 7.21. The number of likely N-dealkylation sites (N-methyl/N-ethyl adjacent to an activating group) is 1. The predicted octanol–water partition coefficient (Wildman–Crippen LogP) is 1.27. The normalized spacial score (nSPS) is 21.5. The summed E-state index contributed by atoms with van der Waals surface area (Å²) in [6, 6.07) is 0. The Morgan fingerprint density at radius 2 is 2.20 bits per heavy atom. The SMILES string of the molecule is CC1CCc2c(sc3ncnc(SCC(=O)N4CC[NH+](C)CC4)c23)C1. The molecule has 1 unspecified atom stereocenters. The first-order valence-electron chi connectivity index (χ1n) is 9.09. The largest absolute Gasteiger partial charge is 0.334 e. The number of aromatic nitrogens is 2. The third kappa shape index (κ3) is 3.55. The molecule has 1 N–H and O–H groups in total. The number of thioether (sulfide) groups is 1. The monoisotopic (exact) mass is 377 g/mol. The molecule has 1 aliphatic carbocycles. The number of piperazine rings is 1. The minimum Gasteiger partial charge on any atom is -0.334 e. The van der Waals surface area contributed by atoms with E-state index in [0.717, 1.165) is 54.8 Å². The van der Waals surface area contributed by atoms with Crippen LogP contribution in [-0.4, -0.2) is 59.8 Å². The average molecular weight is 378 g/mol. The third-order valence-corrected chi connectivity index (χ3v) is 7.50. The number of fused-ring (bicyclic) bond motifs is 3. The Kier molecular flexibility index (Phi) is 4.97. The summed E-state index contributed by atoms with van der Waals surface area (Å²) in [5.74, 6) is 1.47. The standard InChI is InChI=1S/C18H24N4OS2/c1-12-3-4-13-14(9-12)25-18-16(13)17(19-11-20-18)24-10-15(23)22-7-5-21(2)6-8-22/h11-12H,3-10H2,1-2H3/p+1. The lowest BCUT2D eigenvalue weighted by atomic mass is 9.89. The molecule has 0 aromatic carbocycles. The molecule has 0 saturated carbocycles. The van der Waals surface area contributed by atoms with Crippen molar-refractivity contribution in [3.63, 3.8) is 0 Å². The Morgan fingerprint density at radius 1 is 1.40 bits per heavy atom. The van der Waals surface area contributed by atoms with Crippen LogP contribution in [0, 0.1) is 5.92 Å². The van der Waals surface area contributed by atoms with Crippen molar-refractivity contribution in [3.05, 3.63) is 16.8 Å². The summed E-state index contributed by atoms with van der Waals surface area (Å²) in [5, 5.41) is 2.21. The Labute approximate surface area is 156 Å². The molecule has 25 heavy (non-hydrogen) atoms. The summed E-state index contributed by atoms with van der Waals surface area (Å²) >= 11 is 3.41. The van der Waals surface area contributed by atoms with Gasteiger partial charge >= 0.3 is 0 Å². The van der Waals surface area contributed by atoms with Gasteiger partial charge in [-0.05, 0) is 30.7 Å². The number of amides is 1. The molecule has 2 aliphatic rings. The molecule has 7 heteroatoms. The Morgan fingerprint density at radius 3 is 3.00 bits per heavy atom. The summed E-state index contributed by atoms with van der Waals surface area (Å²) in [5.41, 5.74) is 1.44. The quantitative estimate of drug-likeness (QED) is 0.646. The van der Waals surface area contributed by atoms with Gasteiger partial charge in [-0.25, -0.2) is 9.97 Å². The summed E-state index contributed by atoms with van der Waals surface area (Å²) in [7, 11) is 2.19. The lowest BCUT2D eigenvalue weighted by molar-refractivity contribution is -0.883. The van der Waals surface area contributed by atoms with Gasteiger partial charge in [0, 0.05) is 10.3 Å². The van der Waals surface area contributed by atoms with Crippen LogP contribution in [0.3, 0.4) is 0 Å². The number of nitrogens with one attached hydrogen (secondary N) is 1. The summed E-state index contributed by atoms with van der Waals surface area (Å²) in [4.78, 5) is 27.6. The van der Waals surface area contributed by atoms with Gasteiger partial charge in [0.15, 0.2) is 0 Å². The molecule has 0 radical (unpaired) electrons. The van der Waals surface area contributed by atoms with Gasteiger partial charge in [-0.15, -0.1) is 11.3 Å². The van der Waals surface area contributed by atoms with Gasteiger partial charge in [0.1, 0.15) is 16.2 Å². The number of thiophene rings is 1. The van der Waals surface area contributed by atoms with E-state index in [2.05, 4.69) is 23.9 Å². The van der Waals surface area contributed by atoms with Crippen molar-refractivity contribution in [2.75, 3.05) is 39.0 Å². The molecule has 1 atom stereocenters. The van der Waals surface area contributed by atoms with Gasteiger partial charge in [-0.3, -0.25) is 4.79 Å². The van der Waals surface area contributed by atoms with Gasteiger partial charge in [0.2, 0.25) is 5.91 Å². The molecule has 1 amide bonds. The molecule has 5 nitrogen and oxygen atoms in total. The molecule has 1 saturated heterocycles. The zero-order valence-corrected chi connectivity index (χ0v) is 16.5. The number of quaternary nitrogens is 1. The Hall–Kier alpha value is -1.18. The molecule has 4 rings (SSSR count). The van der Waals surface area contributed by atoms with E-state index >= 15 is 0 Å². The molecule has 3 heterocycles. The van der Waals surface area contributed by atoms with Crippen LogP contribution in [0.5, 0.6) is 0 Å². The summed E-state index contributed by atoms with van der Waals surface area (Å²) < 4.78 is 0. The van der Waals surface area contributed by atoms with Gasteiger partial charge in [0.25, 0.3) is 0 Å². The molecule has 0 bridgehead atoms. The van der Waals surface area contributed by atoms with Crippen LogP contribution in [0.2, 0.25) is 0 Å². The number of nitrogens with zero attached hydrogens (tertiary/aromatic N) is 3. The number of hydrogen-bond donors (Lipinski definition) is 1. The maximum Gasteiger partial charge on any atom is 0.233 e. The zero-order valence-electron chi connectivity index (χ0n) is 14.9. The van der Waals surface area contributed by atoms with Crippen LogP contribution in [0.15, 0.2) is 11.4 Å². The van der Waals surface area contributed by atoms with Crippen LogP contribution in [0.4, 0.5) is 0 Å². The van der Waals surface area contributed by atoms with E-state index in [1.54, 1.807) is 18.1 Å². The fourth-order valence-electron chi connectivity index (χ4n) is 3.71. The van der Waals surface area contributed by atoms with Crippen molar-refractivity contribution < 1.29 is 9.69 Å². The van der Waals surface area contributed by atoms with E-state index in [4.69, 9.17) is 0 Å². The minimum atomic E-state index is 0.238. The van der Waals surface area contributed by atoms with E-state index in [1.165, 1.54) is 27.1 Å². The average Bonchev–Trinajstić information content (AvgIpc) is 2.98. The summed E-state index contributed by atoms with van der Waals surface area (Å²) in [6.45, 7) is 6.16. The van der Waals surface area contributed by atoms with Crippen molar-refractivity contribution in [3.8, 4) is 0 Å². The molecule has 1 aliphatic heterocycles. The second-order valence-electron chi connectivity index (χ2n) is 7.34. The predicted molar refractivity (Wildman–Crippen MR) is 103 cm³/mol. The van der Waals surface area contributed by atoms with Gasteiger partial charge in [-0.2, -0.15) is 0 Å². The first-order valence-corrected chi connectivity index (χ1v) is 10.9. The summed E-state index contributed by atoms with van der Waals surface area (Å²) in [6.07, 6.45) is 5.16. The molecule has 2 aromatic rings. The molecule has 134 valence electrons. The fourth-order valence-corrected chi connectivity index (χ4v) is 6.06. The van der Waals surface area contributed by atoms with Crippen molar-refractivity contribution >= 4 is 39.2 Å². The third-order valence-electron chi connectivity index (χ3n) is 5.36. The number of rotatable bonds is 3. The molecular weight excluding hydrogens is 352 g/mol. The van der Waals surface area contributed by atoms with E-state index in [1.807, 2.05) is 16.2 Å². The van der Waals surface area contributed by atoms with Gasteiger partial charge in [0.05, 0.1) is 39.0 Å². The maximum atomic E-state index is 12.5. The van der Waals surface area contributed by atoms with E-state index in [-0.39, 0.29) is 5.91 Å². The topological polar surface area (TPSA) is 50.5 Å². The van der Waals surface area contributed by atoms with Crippen molar-refractivity contribution in [1.29, 1.82) is 0 Å². The smallest absolute Gasteiger partial charge is 0.233 e. The number of carbonyl (C=O) groups is 1. The van der Waals surface area contributed by atoms with Crippen LogP contribution < -0.4 is 4.90 Å². The second-order valence-corrected chi connectivity index (χ2v) is 9.38. The maximum absolute atomic E-state index is 12.5. The first-order chi connectivity index (χ1) is 12.1. The first kappa shape index (κ1) is 17.2. The van der Waals surface area contributed by atoms with E-state index in [9.17, 15) is 4.79 Å². The number of hydrogen-bond acceptors (Lipinski definition) is 5. The highest BCUT2D eigenvalue weighted by Crippen LogP contribution is 2.40. The van der Waals surface area contributed by atoms with Crippen molar-refractivity contribution in [1.82, 2.24) is 14.9 Å². The highest BCUT2D eigenvalue weighted by atomic mass is 32.2. The molecular formula is C18H25N4OS2+. The Balaban J connectivity index is 1.51. The number of aryl methyl sites for hydroxylation is 1. The van der Waals surface area contributed by atoms with Crippen LogP contribution in [0.25, 0.3) is 10.2 Å². The lowest BCUT2D eigenvalue weighted by Gasteiger charge is -2.30. The van der Waals surface area contributed by atoms with Crippen LogP contribution in [0.1, 0.15) is 23.8 Å². The molecule has 0 spiro atoms. The van der Waals surface area contributed by atoms with E-state index in [0.29, 0.717) is 5.75 Å². The Bertz CT molecular complexity index is 783. The highest BCUT2D eigenvalue weighted by Gasteiger charge is 2.25. The van der Waals surface area contributed by atoms with Crippen molar-refractivity contribution in [2.24, 2.45) is 5.92 Å². The molecule has 2 aromatic heterocycles. The van der Waals surface area contributed by atoms with Crippen molar-refractivity contribution in [2.45, 2.75) is 31.2 Å². The van der Waals surface area contributed by atoms with E-state index < -0.39 is 0 Å². The highest BCUT2D eigenvalue weighted by molar-refractivity contribution is 8.00. The lowest BCUT2D eigenvalue weighted by Crippen LogP contribution is -3.12. The number of carbonyl (C=O) groups excluding carboxylic acids is 1. The van der Waals surface area contributed by atoms with Gasteiger partial charge in [-0.1, -0.05) is 18.7 Å². The fraction of sp³-hybridized carbons (Fsp3) is 0.611. The zero-order chi connectivity index (χ0) is 17.4. The van der Waals surface area contributed by atoms with Crippen LogP contribution >= 0.6 is 23.1 Å². The minimum absolute atomic E-state index is 0.238. The van der Waals surface area contributed by atoms with Gasteiger partial charge < -0.3 is 9.80 Å².